The molecule has 0 bridgehead atoms. The maximum Gasteiger partial charge on any atom is 0.273 e. The van der Waals surface area contributed by atoms with Gasteiger partial charge in [0.1, 0.15) is 11.4 Å². The highest BCUT2D eigenvalue weighted by molar-refractivity contribution is 9.11. The summed E-state index contributed by atoms with van der Waals surface area (Å²) in [4.78, 5) is 30.8. The molecule has 0 N–H and O–H groups in total. The Bertz CT molecular complexity index is 1240. The van der Waals surface area contributed by atoms with E-state index < -0.39 is 0 Å². The molecule has 2 amide bonds. The summed E-state index contributed by atoms with van der Waals surface area (Å²) in [5, 5.41) is 0. The van der Waals surface area contributed by atoms with Crippen molar-refractivity contribution in [2.45, 2.75) is 95.6 Å². The average Bonchev–Trinajstić information content (AvgIpc) is 3.70. The molecule has 7 rings (SSSR count). The van der Waals surface area contributed by atoms with Crippen LogP contribution in [0.3, 0.4) is 0 Å². The number of carbonyl (C=O) groups is 2. The van der Waals surface area contributed by atoms with Crippen molar-refractivity contribution in [2.24, 2.45) is 11.8 Å². The van der Waals surface area contributed by atoms with Gasteiger partial charge in [-0.15, -0.1) is 0 Å². The van der Waals surface area contributed by atoms with Gasteiger partial charge in [-0.25, -0.2) is 0 Å². The Morgan fingerprint density at radius 3 is 1.90 bits per heavy atom. The SMILES string of the molecule is O=C(c1cc(Br)sn1)N1CCCC2CCCCC21.O=C(c1cc(C2=CCOCC2)sn1)N1CCC[C@@H]2CCCC[C@@H]21. The minimum Gasteiger partial charge on any atom is -0.377 e. The lowest BCUT2D eigenvalue weighted by Crippen LogP contribution is -2.49. The first-order valence-electron chi connectivity index (χ1n) is 15.6. The van der Waals surface area contributed by atoms with Crippen LogP contribution in [0.1, 0.15) is 109 Å². The Kier molecular flexibility index (Phi) is 9.90. The quantitative estimate of drug-likeness (QED) is 0.342. The molecule has 2 aromatic heterocycles. The molecule has 2 aliphatic carbocycles. The van der Waals surface area contributed by atoms with E-state index in [4.69, 9.17) is 4.74 Å². The van der Waals surface area contributed by atoms with E-state index in [9.17, 15) is 9.59 Å². The molecule has 5 aliphatic rings. The molecule has 0 aromatic carbocycles. The molecule has 2 saturated heterocycles. The van der Waals surface area contributed by atoms with Crippen molar-refractivity contribution in [2.75, 3.05) is 26.3 Å². The molecule has 41 heavy (non-hydrogen) atoms. The number of rotatable bonds is 3. The summed E-state index contributed by atoms with van der Waals surface area (Å²) in [5.74, 6) is 1.74. The molecule has 2 unspecified atom stereocenters. The summed E-state index contributed by atoms with van der Waals surface area (Å²) in [5.41, 5.74) is 2.53. The van der Waals surface area contributed by atoms with Crippen LogP contribution in [0.2, 0.25) is 0 Å². The maximum absolute atomic E-state index is 13.0. The van der Waals surface area contributed by atoms with E-state index in [1.165, 1.54) is 92.8 Å². The topological polar surface area (TPSA) is 75.6 Å². The van der Waals surface area contributed by atoms with Gasteiger partial charge in [0.2, 0.25) is 0 Å². The second-order valence-electron chi connectivity index (χ2n) is 12.2. The lowest BCUT2D eigenvalue weighted by Gasteiger charge is -2.43. The number of ether oxygens (including phenoxy) is 1. The number of halogens is 1. The Morgan fingerprint density at radius 2 is 1.34 bits per heavy atom. The number of nitrogens with zero attached hydrogens (tertiary/aromatic N) is 4. The predicted octanol–water partition coefficient (Wildman–Crippen LogP) is 7.44. The summed E-state index contributed by atoms with van der Waals surface area (Å²) in [7, 11) is 0. The number of hydrogen-bond donors (Lipinski definition) is 0. The van der Waals surface area contributed by atoms with E-state index in [1.807, 2.05) is 12.1 Å². The highest BCUT2D eigenvalue weighted by Gasteiger charge is 2.38. The standard InChI is InChI=1S/C18H24N2O2S.C13H17BrN2OS/c21-18(20-9-3-5-13-4-1-2-6-16(13)20)15-12-17(23-19-15)14-7-10-22-11-8-14;14-12-8-10(15-18-12)13(17)16-7-3-5-9-4-1-2-6-11(9)16/h7,12-13,16H,1-6,8-11H2;8-9,11H,1-7H2/t13-,16-;/m0./s1. The zero-order valence-corrected chi connectivity index (χ0v) is 27.0. The largest absolute Gasteiger partial charge is 0.377 e. The zero-order valence-electron chi connectivity index (χ0n) is 23.8. The van der Waals surface area contributed by atoms with Crippen LogP contribution in [-0.4, -0.2) is 68.7 Å². The zero-order chi connectivity index (χ0) is 28.2. The van der Waals surface area contributed by atoms with Crippen molar-refractivity contribution < 1.29 is 14.3 Å². The predicted molar refractivity (Wildman–Crippen MR) is 167 cm³/mol. The number of piperidine rings is 2. The van der Waals surface area contributed by atoms with Gasteiger partial charge in [-0.2, -0.15) is 8.75 Å². The number of fused-ring (bicyclic) bond motifs is 2. The molecular formula is C31H41BrN4O3S2. The fourth-order valence-corrected chi connectivity index (χ4v) is 9.39. The second-order valence-corrected chi connectivity index (χ2v) is 15.1. The maximum atomic E-state index is 13.0. The van der Waals surface area contributed by atoms with Crippen molar-refractivity contribution in [1.82, 2.24) is 18.5 Å². The van der Waals surface area contributed by atoms with Crippen LogP contribution in [0, 0.1) is 11.8 Å². The lowest BCUT2D eigenvalue weighted by molar-refractivity contribution is 0.0381. The average molecular weight is 662 g/mol. The van der Waals surface area contributed by atoms with Crippen molar-refractivity contribution in [1.29, 1.82) is 0 Å². The van der Waals surface area contributed by atoms with Gasteiger partial charge in [-0.1, -0.05) is 31.8 Å². The highest BCUT2D eigenvalue weighted by Crippen LogP contribution is 2.37. The van der Waals surface area contributed by atoms with Gasteiger partial charge >= 0.3 is 0 Å². The summed E-state index contributed by atoms with van der Waals surface area (Å²) >= 11 is 6.18. The fraction of sp³-hybridized carbons (Fsp3) is 0.677. The minimum absolute atomic E-state index is 0.133. The van der Waals surface area contributed by atoms with E-state index in [0.29, 0.717) is 30.1 Å². The summed E-state index contributed by atoms with van der Waals surface area (Å²) in [6.45, 7) is 3.26. The van der Waals surface area contributed by atoms with Crippen LogP contribution in [0.5, 0.6) is 0 Å². The van der Waals surface area contributed by atoms with Crippen molar-refractivity contribution in [3.63, 3.8) is 0 Å². The second kappa shape index (κ2) is 13.8. The van der Waals surface area contributed by atoms with Gasteiger partial charge in [0, 0.05) is 25.2 Å². The molecular weight excluding hydrogens is 620 g/mol. The van der Waals surface area contributed by atoms with Crippen molar-refractivity contribution in [3.8, 4) is 0 Å². The third-order valence-corrected chi connectivity index (χ3v) is 11.8. The van der Waals surface area contributed by atoms with Crippen molar-refractivity contribution >= 4 is 56.4 Å². The monoisotopic (exact) mass is 660 g/mol. The summed E-state index contributed by atoms with van der Waals surface area (Å²) < 4.78 is 15.0. The number of likely N-dealkylation sites (tertiary alicyclic amines) is 2. The molecule has 2 aromatic rings. The van der Waals surface area contributed by atoms with E-state index in [-0.39, 0.29) is 11.8 Å². The Hall–Kier alpha value is -1.62. The van der Waals surface area contributed by atoms with Crippen LogP contribution >= 0.6 is 39.0 Å². The number of amides is 2. The van der Waals surface area contributed by atoms with Crippen molar-refractivity contribution in [3.05, 3.63) is 38.3 Å². The molecule has 4 atom stereocenters. The van der Waals surface area contributed by atoms with Crippen LogP contribution < -0.4 is 0 Å². The van der Waals surface area contributed by atoms with Gasteiger partial charge in [-0.3, -0.25) is 9.59 Å². The molecule has 7 nitrogen and oxygen atoms in total. The summed E-state index contributed by atoms with van der Waals surface area (Å²) in [6, 6.07) is 4.77. The third kappa shape index (κ3) is 6.81. The number of aromatic nitrogens is 2. The Balaban J connectivity index is 0.000000152. The van der Waals surface area contributed by atoms with Crippen LogP contribution in [0.25, 0.3) is 5.57 Å². The fourth-order valence-electron chi connectivity index (χ4n) is 7.68. The molecule has 3 aliphatic heterocycles. The normalized spacial score (nSPS) is 28.1. The van der Waals surface area contributed by atoms with E-state index in [1.54, 1.807) is 0 Å². The van der Waals surface area contributed by atoms with E-state index in [0.717, 1.165) is 59.5 Å². The van der Waals surface area contributed by atoms with Gasteiger partial charge in [0.15, 0.2) is 0 Å². The molecule has 0 spiro atoms. The van der Waals surface area contributed by atoms with Crippen LogP contribution in [0.4, 0.5) is 0 Å². The molecule has 222 valence electrons. The van der Waals surface area contributed by atoms with E-state index >= 15 is 0 Å². The van der Waals surface area contributed by atoms with Crippen LogP contribution in [-0.2, 0) is 4.74 Å². The van der Waals surface area contributed by atoms with Crippen LogP contribution in [0.15, 0.2) is 22.0 Å². The Morgan fingerprint density at radius 1 is 0.780 bits per heavy atom. The first-order chi connectivity index (χ1) is 20.1. The molecule has 4 fully saturated rings. The van der Waals surface area contributed by atoms with Gasteiger partial charge < -0.3 is 14.5 Å². The Labute approximate surface area is 260 Å². The number of carbonyl (C=O) groups excluding carboxylic acids is 2. The molecule has 10 heteroatoms. The van der Waals surface area contributed by atoms with Gasteiger partial charge in [-0.05, 0) is 126 Å². The third-order valence-electron chi connectivity index (χ3n) is 9.72. The lowest BCUT2D eigenvalue weighted by atomic mass is 9.78. The smallest absolute Gasteiger partial charge is 0.273 e. The minimum atomic E-state index is 0.133. The van der Waals surface area contributed by atoms with Gasteiger partial charge in [0.05, 0.1) is 21.9 Å². The molecule has 2 saturated carbocycles. The number of hydrogen-bond acceptors (Lipinski definition) is 7. The molecule has 5 heterocycles. The highest BCUT2D eigenvalue weighted by atomic mass is 79.9. The summed E-state index contributed by atoms with van der Waals surface area (Å²) in [6.07, 6.45) is 18.1. The molecule has 0 radical (unpaired) electrons. The first-order valence-corrected chi connectivity index (χ1v) is 17.9. The first kappa shape index (κ1) is 29.5. The van der Waals surface area contributed by atoms with E-state index in [2.05, 4.69) is 40.6 Å². The van der Waals surface area contributed by atoms with Gasteiger partial charge in [0.25, 0.3) is 11.8 Å².